The van der Waals surface area contributed by atoms with Gasteiger partial charge in [-0.3, -0.25) is 5.01 Å². The second-order valence-electron chi connectivity index (χ2n) is 7.46. The van der Waals surface area contributed by atoms with Gasteiger partial charge in [0, 0.05) is 17.7 Å². The third-order valence-electron chi connectivity index (χ3n) is 5.34. The van der Waals surface area contributed by atoms with Crippen molar-refractivity contribution in [2.75, 3.05) is 10.7 Å². The van der Waals surface area contributed by atoms with Crippen LogP contribution >= 0.6 is 0 Å². The minimum Gasteiger partial charge on any atom is -0.399 e. The SMILES string of the molecule is Cc1ccc(C2CC(C(F)F)=NN2c2ccccc2-c2ccc(N)cc2)c(C)c1. The number of aryl methyl sites for hydroxylation is 2. The zero-order valence-corrected chi connectivity index (χ0v) is 16.4. The summed E-state index contributed by atoms with van der Waals surface area (Å²) in [5.41, 5.74) is 12.4. The van der Waals surface area contributed by atoms with Crippen LogP contribution in [0.4, 0.5) is 20.2 Å². The summed E-state index contributed by atoms with van der Waals surface area (Å²) in [7, 11) is 0. The van der Waals surface area contributed by atoms with Crippen molar-refractivity contribution in [1.29, 1.82) is 0 Å². The number of hydrogen-bond donors (Lipinski definition) is 1. The lowest BCUT2D eigenvalue weighted by atomic mass is 9.94. The predicted octanol–water partition coefficient (Wildman–Crippen LogP) is 6.13. The van der Waals surface area contributed by atoms with E-state index in [1.54, 1.807) is 5.01 Å². The Morgan fingerprint density at radius 2 is 1.72 bits per heavy atom. The fourth-order valence-electron chi connectivity index (χ4n) is 3.91. The number of benzene rings is 3. The van der Waals surface area contributed by atoms with Crippen LogP contribution in [0.25, 0.3) is 11.1 Å². The number of para-hydroxylation sites is 1. The second-order valence-corrected chi connectivity index (χ2v) is 7.46. The van der Waals surface area contributed by atoms with Gasteiger partial charge < -0.3 is 5.73 Å². The smallest absolute Gasteiger partial charge is 0.278 e. The zero-order chi connectivity index (χ0) is 20.5. The lowest BCUT2D eigenvalue weighted by molar-refractivity contribution is 0.223. The summed E-state index contributed by atoms with van der Waals surface area (Å²) in [5, 5.41) is 6.11. The van der Waals surface area contributed by atoms with E-state index in [9.17, 15) is 8.78 Å². The molecule has 4 rings (SSSR count). The van der Waals surface area contributed by atoms with Crippen molar-refractivity contribution in [3.8, 4) is 11.1 Å². The van der Waals surface area contributed by atoms with Crippen LogP contribution in [0, 0.1) is 13.8 Å². The molecule has 2 N–H and O–H groups in total. The quantitative estimate of drug-likeness (QED) is 0.544. The maximum atomic E-state index is 13.6. The Morgan fingerprint density at radius 3 is 2.41 bits per heavy atom. The number of nitrogen functional groups attached to an aromatic ring is 1. The summed E-state index contributed by atoms with van der Waals surface area (Å²) in [5.74, 6) is 0. The van der Waals surface area contributed by atoms with E-state index in [2.05, 4.69) is 11.2 Å². The molecule has 0 saturated carbocycles. The number of nitrogens with zero attached hydrogens (tertiary/aromatic N) is 2. The van der Waals surface area contributed by atoms with E-state index < -0.39 is 6.43 Å². The average Bonchev–Trinajstić information content (AvgIpc) is 3.14. The van der Waals surface area contributed by atoms with E-state index in [-0.39, 0.29) is 18.2 Å². The van der Waals surface area contributed by atoms with Crippen LogP contribution in [-0.2, 0) is 0 Å². The third-order valence-corrected chi connectivity index (χ3v) is 5.34. The second kappa shape index (κ2) is 7.66. The highest BCUT2D eigenvalue weighted by Crippen LogP contribution is 2.42. The van der Waals surface area contributed by atoms with Gasteiger partial charge in [0.2, 0.25) is 0 Å². The highest BCUT2D eigenvalue weighted by Gasteiger charge is 2.34. The molecule has 29 heavy (non-hydrogen) atoms. The molecule has 3 nitrogen and oxygen atoms in total. The molecule has 0 aliphatic carbocycles. The number of halogens is 2. The van der Waals surface area contributed by atoms with E-state index in [1.807, 2.05) is 74.5 Å². The molecular weight excluding hydrogens is 368 g/mol. The first kappa shape index (κ1) is 19.1. The largest absolute Gasteiger partial charge is 0.399 e. The third kappa shape index (κ3) is 3.73. The molecule has 1 unspecified atom stereocenters. The van der Waals surface area contributed by atoms with Crippen molar-refractivity contribution in [3.05, 3.63) is 83.4 Å². The molecule has 0 radical (unpaired) electrons. The fraction of sp³-hybridized carbons (Fsp3) is 0.208. The molecule has 0 bridgehead atoms. The molecule has 0 fully saturated rings. The van der Waals surface area contributed by atoms with Gasteiger partial charge in [-0.15, -0.1) is 0 Å². The highest BCUT2D eigenvalue weighted by molar-refractivity contribution is 5.93. The molecular formula is C24H23F2N3. The standard InChI is InChI=1S/C24H23F2N3/c1-15-7-12-19(16(2)13-15)23-14-21(24(25)26)28-29(23)22-6-4-3-5-20(22)17-8-10-18(27)11-9-17/h3-13,23-24H,14,27H2,1-2H3. The van der Waals surface area contributed by atoms with Gasteiger partial charge in [0.05, 0.1) is 11.7 Å². The van der Waals surface area contributed by atoms with E-state index >= 15 is 0 Å². The van der Waals surface area contributed by atoms with Gasteiger partial charge in [-0.2, -0.15) is 5.10 Å². The van der Waals surface area contributed by atoms with E-state index in [1.165, 1.54) is 0 Å². The number of hydrazone groups is 1. The predicted molar refractivity (Wildman–Crippen MR) is 115 cm³/mol. The van der Waals surface area contributed by atoms with Crippen LogP contribution in [0.5, 0.6) is 0 Å². The number of alkyl halides is 2. The van der Waals surface area contributed by atoms with E-state index in [0.717, 1.165) is 33.5 Å². The maximum absolute atomic E-state index is 13.6. The normalized spacial score (nSPS) is 16.4. The fourth-order valence-corrected chi connectivity index (χ4v) is 3.91. The first-order valence-corrected chi connectivity index (χ1v) is 9.61. The van der Waals surface area contributed by atoms with Gasteiger partial charge in [-0.05, 0) is 48.7 Å². The molecule has 3 aromatic carbocycles. The summed E-state index contributed by atoms with van der Waals surface area (Å²) >= 11 is 0. The summed E-state index contributed by atoms with van der Waals surface area (Å²) in [4.78, 5) is 0. The van der Waals surface area contributed by atoms with Crippen LogP contribution in [0.3, 0.4) is 0 Å². The Hall–Kier alpha value is -3.21. The Balaban J connectivity index is 1.83. The van der Waals surface area contributed by atoms with Crippen molar-refractivity contribution < 1.29 is 8.78 Å². The van der Waals surface area contributed by atoms with Crippen LogP contribution in [0.2, 0.25) is 0 Å². The molecule has 1 aliphatic rings. The minimum absolute atomic E-state index is 0.0814. The van der Waals surface area contributed by atoms with Gasteiger partial charge in [0.15, 0.2) is 0 Å². The van der Waals surface area contributed by atoms with Crippen molar-refractivity contribution in [2.45, 2.75) is 32.7 Å². The molecule has 0 saturated heterocycles. The van der Waals surface area contributed by atoms with E-state index in [4.69, 9.17) is 5.73 Å². The summed E-state index contributed by atoms with van der Waals surface area (Å²) in [6.45, 7) is 4.05. The van der Waals surface area contributed by atoms with Gasteiger partial charge in [-0.25, -0.2) is 8.78 Å². The molecule has 0 spiro atoms. The van der Waals surface area contributed by atoms with Crippen molar-refractivity contribution in [3.63, 3.8) is 0 Å². The van der Waals surface area contributed by atoms with Crippen LogP contribution in [-0.4, -0.2) is 12.1 Å². The summed E-state index contributed by atoms with van der Waals surface area (Å²) in [6, 6.07) is 21.2. The monoisotopic (exact) mass is 391 g/mol. The van der Waals surface area contributed by atoms with Crippen molar-refractivity contribution >= 4 is 17.1 Å². The number of nitrogens with two attached hydrogens (primary N) is 1. The molecule has 0 aromatic heterocycles. The first-order chi connectivity index (χ1) is 13.9. The zero-order valence-electron chi connectivity index (χ0n) is 16.4. The molecule has 148 valence electrons. The molecule has 1 atom stereocenters. The topological polar surface area (TPSA) is 41.6 Å². The molecule has 1 heterocycles. The molecule has 3 aromatic rings. The molecule has 5 heteroatoms. The van der Waals surface area contributed by atoms with Crippen LogP contribution < -0.4 is 10.7 Å². The summed E-state index contributed by atoms with van der Waals surface area (Å²) in [6.07, 6.45) is -2.37. The number of anilines is 2. The summed E-state index contributed by atoms with van der Waals surface area (Å²) < 4.78 is 27.2. The van der Waals surface area contributed by atoms with Crippen molar-refractivity contribution in [1.82, 2.24) is 0 Å². The van der Waals surface area contributed by atoms with Crippen molar-refractivity contribution in [2.24, 2.45) is 5.10 Å². The van der Waals surface area contributed by atoms with Crippen LogP contribution in [0.1, 0.15) is 29.2 Å². The number of hydrogen-bond acceptors (Lipinski definition) is 3. The lowest BCUT2D eigenvalue weighted by Crippen LogP contribution is -2.20. The van der Waals surface area contributed by atoms with Gasteiger partial charge in [-0.1, -0.05) is 54.1 Å². The minimum atomic E-state index is -2.57. The Kier molecular flexibility index (Phi) is 5.05. The highest BCUT2D eigenvalue weighted by atomic mass is 19.3. The Bertz CT molecular complexity index is 1060. The number of rotatable bonds is 4. The molecule has 0 amide bonds. The average molecular weight is 391 g/mol. The van der Waals surface area contributed by atoms with Crippen LogP contribution in [0.15, 0.2) is 71.8 Å². The molecule has 1 aliphatic heterocycles. The Morgan fingerprint density at radius 1 is 1.00 bits per heavy atom. The van der Waals surface area contributed by atoms with Gasteiger partial charge in [0.1, 0.15) is 5.71 Å². The van der Waals surface area contributed by atoms with Gasteiger partial charge >= 0.3 is 0 Å². The lowest BCUT2D eigenvalue weighted by Gasteiger charge is -2.27. The van der Waals surface area contributed by atoms with Gasteiger partial charge in [0.25, 0.3) is 6.43 Å². The van der Waals surface area contributed by atoms with E-state index in [0.29, 0.717) is 5.69 Å². The first-order valence-electron chi connectivity index (χ1n) is 9.61. The Labute approximate surface area is 169 Å². The maximum Gasteiger partial charge on any atom is 0.278 e.